The van der Waals surface area contributed by atoms with E-state index in [2.05, 4.69) is 18.8 Å². The second kappa shape index (κ2) is 4.26. The van der Waals surface area contributed by atoms with Crippen LogP contribution in [0.4, 0.5) is 0 Å². The van der Waals surface area contributed by atoms with Crippen molar-refractivity contribution in [3.63, 3.8) is 0 Å². The number of nitrogens with zero attached hydrogens (tertiary/aromatic N) is 2. The molecule has 0 radical (unpaired) electrons. The van der Waals surface area contributed by atoms with Crippen LogP contribution in [0.3, 0.4) is 0 Å². The fraction of sp³-hybridized carbons (Fsp3) is 0.333. The number of aromatic nitrogens is 2. The number of rotatable bonds is 3. The molecule has 0 amide bonds. The average Bonchev–Trinajstić information content (AvgIpc) is 2.55. The molecule has 4 heteroatoms. The molecule has 2 rings (SSSR count). The molecule has 0 atom stereocenters. The van der Waals surface area contributed by atoms with E-state index >= 15 is 0 Å². The zero-order valence-corrected chi connectivity index (χ0v) is 10.0. The Hall–Kier alpha value is -1.35. The molecular formula is C12H13ClN2O. The van der Waals surface area contributed by atoms with Crippen LogP contribution in [0.1, 0.15) is 30.2 Å². The van der Waals surface area contributed by atoms with E-state index < -0.39 is 0 Å². The number of halogens is 1. The normalized spacial score (nSPS) is 11.2. The largest absolute Gasteiger partial charge is 0.296 e. The molecule has 0 saturated heterocycles. The van der Waals surface area contributed by atoms with Crippen LogP contribution < -0.4 is 0 Å². The molecule has 0 saturated carbocycles. The minimum absolute atomic E-state index is 0.458. The summed E-state index contributed by atoms with van der Waals surface area (Å²) in [5, 5.41) is 0.458. The molecule has 0 aliphatic rings. The molecule has 0 N–H and O–H groups in total. The maximum absolute atomic E-state index is 11.0. The number of hydrogen-bond acceptors (Lipinski definition) is 2. The van der Waals surface area contributed by atoms with Gasteiger partial charge >= 0.3 is 0 Å². The topological polar surface area (TPSA) is 34.4 Å². The Labute approximate surface area is 99.1 Å². The van der Waals surface area contributed by atoms with Gasteiger partial charge in [-0.1, -0.05) is 31.5 Å². The van der Waals surface area contributed by atoms with E-state index in [1.807, 2.05) is 16.5 Å². The Morgan fingerprint density at radius 1 is 1.50 bits per heavy atom. The summed E-state index contributed by atoms with van der Waals surface area (Å²) in [5.41, 5.74) is 1.38. The first kappa shape index (κ1) is 11.1. The van der Waals surface area contributed by atoms with Crippen molar-refractivity contribution in [3.05, 3.63) is 34.9 Å². The third-order valence-corrected chi connectivity index (χ3v) is 2.71. The monoisotopic (exact) mass is 236 g/mol. The van der Waals surface area contributed by atoms with Gasteiger partial charge in [0.05, 0.1) is 11.2 Å². The first-order valence-electron chi connectivity index (χ1n) is 5.24. The fourth-order valence-corrected chi connectivity index (χ4v) is 2.03. The van der Waals surface area contributed by atoms with Crippen molar-refractivity contribution in [3.8, 4) is 0 Å². The molecular weight excluding hydrogens is 224 g/mol. The van der Waals surface area contributed by atoms with Crippen molar-refractivity contribution in [2.45, 2.75) is 20.3 Å². The Morgan fingerprint density at radius 3 is 2.88 bits per heavy atom. The highest BCUT2D eigenvalue weighted by Gasteiger charge is 2.12. The highest BCUT2D eigenvalue weighted by Crippen LogP contribution is 2.21. The van der Waals surface area contributed by atoms with Crippen LogP contribution in [0.25, 0.3) is 5.52 Å². The van der Waals surface area contributed by atoms with Gasteiger partial charge in [0.15, 0.2) is 11.4 Å². The Kier molecular flexibility index (Phi) is 2.97. The van der Waals surface area contributed by atoms with Gasteiger partial charge in [-0.25, -0.2) is 4.98 Å². The van der Waals surface area contributed by atoms with E-state index in [4.69, 9.17) is 11.6 Å². The zero-order chi connectivity index (χ0) is 11.7. The molecule has 0 aliphatic heterocycles. The van der Waals surface area contributed by atoms with Gasteiger partial charge < -0.3 is 0 Å². The van der Waals surface area contributed by atoms with Crippen molar-refractivity contribution in [1.29, 1.82) is 0 Å². The summed E-state index contributed by atoms with van der Waals surface area (Å²) in [4.78, 5) is 15.3. The van der Waals surface area contributed by atoms with Crippen LogP contribution >= 0.6 is 11.6 Å². The van der Waals surface area contributed by atoms with Crippen molar-refractivity contribution < 1.29 is 4.79 Å². The Bertz CT molecular complexity index is 531. The maximum Gasteiger partial charge on any atom is 0.166 e. The van der Waals surface area contributed by atoms with Crippen LogP contribution in [-0.4, -0.2) is 15.7 Å². The lowest BCUT2D eigenvalue weighted by Crippen LogP contribution is -2.04. The van der Waals surface area contributed by atoms with Gasteiger partial charge in [0.2, 0.25) is 0 Å². The molecule has 0 unspecified atom stereocenters. The third kappa shape index (κ3) is 1.83. The van der Waals surface area contributed by atoms with Crippen LogP contribution in [0.15, 0.2) is 18.2 Å². The molecule has 0 spiro atoms. The van der Waals surface area contributed by atoms with E-state index in [-0.39, 0.29) is 0 Å². The van der Waals surface area contributed by atoms with Crippen molar-refractivity contribution in [2.24, 2.45) is 5.92 Å². The highest BCUT2D eigenvalue weighted by molar-refractivity contribution is 6.32. The quantitative estimate of drug-likeness (QED) is 0.768. The fourth-order valence-electron chi connectivity index (χ4n) is 1.79. The Morgan fingerprint density at radius 2 is 2.25 bits per heavy atom. The van der Waals surface area contributed by atoms with Gasteiger partial charge in [-0.2, -0.15) is 0 Å². The summed E-state index contributed by atoms with van der Waals surface area (Å²) in [6, 6.07) is 5.44. The lowest BCUT2D eigenvalue weighted by Gasteiger charge is -2.05. The predicted octanol–water partition coefficient (Wildman–Crippen LogP) is 3.00. The standard InChI is InChI=1S/C12H13ClN2O/c1-8(2)6-11-14-12(13)10-5-3-4-9(7-16)15(10)11/h3-5,7-8H,6H2,1-2H3. The lowest BCUT2D eigenvalue weighted by molar-refractivity contribution is 0.111. The predicted molar refractivity (Wildman–Crippen MR) is 64.1 cm³/mol. The minimum Gasteiger partial charge on any atom is -0.296 e. The third-order valence-electron chi connectivity index (χ3n) is 2.43. The van der Waals surface area contributed by atoms with Crippen molar-refractivity contribution in [1.82, 2.24) is 9.38 Å². The Balaban J connectivity index is 2.69. The summed E-state index contributed by atoms with van der Waals surface area (Å²) in [6.45, 7) is 4.22. The molecule has 84 valence electrons. The molecule has 2 aromatic rings. The van der Waals surface area contributed by atoms with Crippen LogP contribution in [0.5, 0.6) is 0 Å². The lowest BCUT2D eigenvalue weighted by atomic mass is 10.1. The molecule has 0 aliphatic carbocycles. The highest BCUT2D eigenvalue weighted by atomic mass is 35.5. The summed E-state index contributed by atoms with van der Waals surface area (Å²) in [5.74, 6) is 1.32. The van der Waals surface area contributed by atoms with Crippen LogP contribution in [-0.2, 0) is 6.42 Å². The summed E-state index contributed by atoms with van der Waals surface area (Å²) in [6.07, 6.45) is 1.63. The number of carbonyl (C=O) groups excluding carboxylic acids is 1. The number of carbonyl (C=O) groups is 1. The second-order valence-corrected chi connectivity index (χ2v) is 4.56. The van der Waals surface area contributed by atoms with E-state index in [0.29, 0.717) is 16.8 Å². The maximum atomic E-state index is 11.0. The first-order chi connectivity index (χ1) is 7.63. The summed E-state index contributed by atoms with van der Waals surface area (Å²) < 4.78 is 1.83. The minimum atomic E-state index is 0.458. The molecule has 0 fully saturated rings. The van der Waals surface area contributed by atoms with E-state index in [9.17, 15) is 4.79 Å². The van der Waals surface area contributed by atoms with Gasteiger partial charge in [0.1, 0.15) is 5.82 Å². The molecule has 16 heavy (non-hydrogen) atoms. The van der Waals surface area contributed by atoms with E-state index in [0.717, 1.165) is 24.0 Å². The van der Waals surface area contributed by atoms with Gasteiger partial charge in [0, 0.05) is 6.42 Å². The molecule has 2 heterocycles. The van der Waals surface area contributed by atoms with Gasteiger partial charge in [-0.05, 0) is 18.1 Å². The number of hydrogen-bond donors (Lipinski definition) is 0. The molecule has 3 nitrogen and oxygen atoms in total. The van der Waals surface area contributed by atoms with E-state index in [1.54, 1.807) is 6.07 Å². The van der Waals surface area contributed by atoms with Gasteiger partial charge in [0.25, 0.3) is 0 Å². The molecule has 0 aromatic carbocycles. The summed E-state index contributed by atoms with van der Waals surface area (Å²) >= 11 is 6.04. The second-order valence-electron chi connectivity index (χ2n) is 4.21. The first-order valence-corrected chi connectivity index (χ1v) is 5.62. The number of pyridine rings is 1. The smallest absolute Gasteiger partial charge is 0.166 e. The van der Waals surface area contributed by atoms with Crippen LogP contribution in [0, 0.1) is 5.92 Å². The molecule has 2 aromatic heterocycles. The van der Waals surface area contributed by atoms with Gasteiger partial charge in [-0.3, -0.25) is 9.20 Å². The number of aldehydes is 1. The molecule has 0 bridgehead atoms. The number of imidazole rings is 1. The zero-order valence-electron chi connectivity index (χ0n) is 9.27. The van der Waals surface area contributed by atoms with Gasteiger partial charge in [-0.15, -0.1) is 0 Å². The van der Waals surface area contributed by atoms with E-state index in [1.165, 1.54) is 0 Å². The average molecular weight is 237 g/mol. The number of fused-ring (bicyclic) bond motifs is 1. The summed E-state index contributed by atoms with van der Waals surface area (Å²) in [7, 11) is 0. The van der Waals surface area contributed by atoms with Crippen molar-refractivity contribution >= 4 is 23.4 Å². The van der Waals surface area contributed by atoms with Crippen molar-refractivity contribution in [2.75, 3.05) is 0 Å². The SMILES string of the molecule is CC(C)Cc1nc(Cl)c2cccc(C=O)n12. The van der Waals surface area contributed by atoms with Crippen LogP contribution in [0.2, 0.25) is 5.15 Å².